The van der Waals surface area contributed by atoms with Crippen LogP contribution < -0.4 is 10.6 Å². The lowest BCUT2D eigenvalue weighted by molar-refractivity contribution is -0.138. The molecule has 0 bridgehead atoms. The number of amides is 2. The van der Waals surface area contributed by atoms with Crippen LogP contribution in [0, 0.1) is 0 Å². The quantitative estimate of drug-likeness (QED) is 0.726. The molecule has 0 spiro atoms. The molecule has 0 saturated heterocycles. The number of cyclic esters (lactones) is 1. The molecular formula is C20H27N3O5. The monoisotopic (exact) mass is 389 g/mol. The van der Waals surface area contributed by atoms with Crippen LogP contribution in [-0.2, 0) is 25.7 Å². The van der Waals surface area contributed by atoms with Crippen LogP contribution in [0.5, 0.6) is 0 Å². The molecule has 8 nitrogen and oxygen atoms in total. The van der Waals surface area contributed by atoms with Gasteiger partial charge in [0.15, 0.2) is 5.54 Å². The maximum Gasteiger partial charge on any atom is 0.408 e. The average Bonchev–Trinajstić information content (AvgIpc) is 2.87. The van der Waals surface area contributed by atoms with Crippen molar-refractivity contribution in [2.75, 3.05) is 0 Å². The fourth-order valence-corrected chi connectivity index (χ4v) is 2.37. The summed E-state index contributed by atoms with van der Waals surface area (Å²) in [4.78, 5) is 40.9. The minimum atomic E-state index is -1.26. The normalized spacial score (nSPS) is 16.1. The Balaban J connectivity index is 1.96. The molecule has 28 heavy (non-hydrogen) atoms. The van der Waals surface area contributed by atoms with Crippen LogP contribution in [0.2, 0.25) is 0 Å². The molecule has 0 aromatic heterocycles. The summed E-state index contributed by atoms with van der Waals surface area (Å²) in [5.41, 5.74) is -2.45. The number of alkyl carbamates (subject to hydrolysis) is 1. The molecule has 0 atom stereocenters. The van der Waals surface area contributed by atoms with E-state index in [4.69, 9.17) is 9.47 Å². The van der Waals surface area contributed by atoms with Crippen molar-refractivity contribution in [3.8, 4) is 0 Å². The SMILES string of the molecule is CC1(C)N=C(C(C)(C)NC(=O)C(C)(C)NC(=O)OCc2ccccc2)OC1=O. The third-order valence-corrected chi connectivity index (χ3v) is 4.23. The van der Waals surface area contributed by atoms with Gasteiger partial charge in [0.2, 0.25) is 11.8 Å². The van der Waals surface area contributed by atoms with Crippen LogP contribution in [0.4, 0.5) is 4.79 Å². The van der Waals surface area contributed by atoms with E-state index in [0.717, 1.165) is 5.56 Å². The first-order valence-electron chi connectivity index (χ1n) is 8.97. The number of carbonyl (C=O) groups is 3. The summed E-state index contributed by atoms with van der Waals surface area (Å²) in [6, 6.07) is 9.22. The number of benzene rings is 1. The fourth-order valence-electron chi connectivity index (χ4n) is 2.37. The minimum absolute atomic E-state index is 0.0949. The molecule has 8 heteroatoms. The molecule has 1 aromatic rings. The lowest BCUT2D eigenvalue weighted by Gasteiger charge is -2.31. The van der Waals surface area contributed by atoms with E-state index in [-0.39, 0.29) is 12.5 Å². The average molecular weight is 389 g/mol. The summed E-state index contributed by atoms with van der Waals surface area (Å²) in [6.07, 6.45) is -0.715. The van der Waals surface area contributed by atoms with E-state index in [1.807, 2.05) is 30.3 Å². The zero-order valence-electron chi connectivity index (χ0n) is 17.1. The van der Waals surface area contributed by atoms with Crippen LogP contribution in [0.3, 0.4) is 0 Å². The molecule has 2 N–H and O–H groups in total. The maximum absolute atomic E-state index is 12.7. The molecule has 0 saturated carbocycles. The molecule has 0 unspecified atom stereocenters. The van der Waals surface area contributed by atoms with Crippen molar-refractivity contribution >= 4 is 23.9 Å². The summed E-state index contributed by atoms with van der Waals surface area (Å²) >= 11 is 0. The topological polar surface area (TPSA) is 106 Å². The van der Waals surface area contributed by atoms with Crippen LogP contribution in [0.1, 0.15) is 47.1 Å². The second-order valence-corrected chi connectivity index (χ2v) is 8.26. The van der Waals surface area contributed by atoms with Gasteiger partial charge in [-0.15, -0.1) is 0 Å². The van der Waals surface area contributed by atoms with Crippen molar-refractivity contribution in [1.82, 2.24) is 10.6 Å². The Morgan fingerprint density at radius 1 is 1.11 bits per heavy atom. The maximum atomic E-state index is 12.7. The number of esters is 1. The first-order chi connectivity index (χ1) is 12.8. The van der Waals surface area contributed by atoms with Crippen molar-refractivity contribution in [3.05, 3.63) is 35.9 Å². The van der Waals surface area contributed by atoms with Gasteiger partial charge in [0.05, 0.1) is 0 Å². The minimum Gasteiger partial charge on any atom is -0.445 e. The van der Waals surface area contributed by atoms with Gasteiger partial charge in [-0.2, -0.15) is 0 Å². The van der Waals surface area contributed by atoms with Crippen LogP contribution >= 0.6 is 0 Å². The number of hydrogen-bond acceptors (Lipinski definition) is 6. The number of carbonyl (C=O) groups excluding carboxylic acids is 3. The van der Waals surface area contributed by atoms with E-state index >= 15 is 0 Å². The second-order valence-electron chi connectivity index (χ2n) is 8.26. The summed E-state index contributed by atoms with van der Waals surface area (Å²) in [5, 5.41) is 5.30. The van der Waals surface area contributed by atoms with Crippen LogP contribution in [-0.4, -0.2) is 40.5 Å². The predicted molar refractivity (Wildman–Crippen MR) is 104 cm³/mol. The van der Waals surface area contributed by atoms with Crippen molar-refractivity contribution in [3.63, 3.8) is 0 Å². The fraction of sp³-hybridized carbons (Fsp3) is 0.500. The van der Waals surface area contributed by atoms with Crippen molar-refractivity contribution in [2.45, 2.75) is 64.8 Å². The highest BCUT2D eigenvalue weighted by atomic mass is 16.6. The molecule has 0 radical (unpaired) electrons. The zero-order chi connectivity index (χ0) is 21.2. The van der Waals surface area contributed by atoms with E-state index in [2.05, 4.69) is 15.6 Å². The zero-order valence-corrected chi connectivity index (χ0v) is 17.1. The van der Waals surface area contributed by atoms with Gasteiger partial charge >= 0.3 is 12.1 Å². The highest BCUT2D eigenvalue weighted by Crippen LogP contribution is 2.24. The number of ether oxygens (including phenoxy) is 2. The number of nitrogens with one attached hydrogen (secondary N) is 2. The first-order valence-corrected chi connectivity index (χ1v) is 8.97. The van der Waals surface area contributed by atoms with Crippen LogP contribution in [0.25, 0.3) is 0 Å². The molecule has 1 aliphatic heterocycles. The van der Waals surface area contributed by atoms with Crippen molar-refractivity contribution in [2.24, 2.45) is 4.99 Å². The van der Waals surface area contributed by atoms with E-state index in [1.54, 1.807) is 41.5 Å². The third kappa shape index (κ3) is 5.09. The van der Waals surface area contributed by atoms with Crippen molar-refractivity contribution in [1.29, 1.82) is 0 Å². The Kier molecular flexibility index (Phi) is 5.82. The largest absolute Gasteiger partial charge is 0.445 e. The third-order valence-electron chi connectivity index (χ3n) is 4.23. The number of hydrogen-bond donors (Lipinski definition) is 2. The molecule has 1 aromatic carbocycles. The van der Waals surface area contributed by atoms with Gasteiger partial charge in [0, 0.05) is 0 Å². The lowest BCUT2D eigenvalue weighted by Crippen LogP contribution is -2.61. The Morgan fingerprint density at radius 2 is 1.71 bits per heavy atom. The molecule has 1 heterocycles. The molecular weight excluding hydrogens is 362 g/mol. The standard InChI is InChI=1S/C20H27N3O5/c1-18(2,23-17(26)27-12-13-10-8-7-9-11-13)14(24)21-19(3,4)15-22-20(5,6)16(25)28-15/h7-11H,12H2,1-6H3,(H,21,24)(H,23,26). The Morgan fingerprint density at radius 3 is 2.25 bits per heavy atom. The van der Waals surface area contributed by atoms with E-state index in [9.17, 15) is 14.4 Å². The molecule has 152 valence electrons. The predicted octanol–water partition coefficient (Wildman–Crippen LogP) is 2.32. The van der Waals surface area contributed by atoms with Gasteiger partial charge in [-0.05, 0) is 47.1 Å². The summed E-state index contributed by atoms with van der Waals surface area (Å²) in [6.45, 7) is 9.80. The first kappa shape index (κ1) is 21.4. The van der Waals surface area contributed by atoms with Gasteiger partial charge in [-0.25, -0.2) is 14.6 Å². The van der Waals surface area contributed by atoms with Gasteiger partial charge in [0.1, 0.15) is 17.7 Å². The summed E-state index contributed by atoms with van der Waals surface area (Å²) < 4.78 is 10.4. The second kappa shape index (κ2) is 7.61. The molecule has 1 aliphatic rings. The molecule has 2 rings (SSSR count). The molecule has 0 fully saturated rings. The number of aliphatic imine (C=N–C) groups is 1. The highest BCUT2D eigenvalue weighted by molar-refractivity contribution is 6.05. The lowest BCUT2D eigenvalue weighted by atomic mass is 9.99. The number of rotatable bonds is 6. The molecule has 2 amide bonds. The van der Waals surface area contributed by atoms with Crippen molar-refractivity contribution < 1.29 is 23.9 Å². The Bertz CT molecular complexity index is 797. The summed E-state index contributed by atoms with van der Waals surface area (Å²) in [7, 11) is 0. The van der Waals surface area contributed by atoms with E-state index in [0.29, 0.717) is 0 Å². The van der Waals surface area contributed by atoms with Gasteiger partial charge in [-0.1, -0.05) is 30.3 Å². The Labute approximate surface area is 164 Å². The smallest absolute Gasteiger partial charge is 0.408 e. The summed E-state index contributed by atoms with van der Waals surface area (Å²) in [5.74, 6) is -0.831. The Hall–Kier alpha value is -2.90. The van der Waals surface area contributed by atoms with Gasteiger partial charge in [-0.3, -0.25) is 4.79 Å². The van der Waals surface area contributed by atoms with Gasteiger partial charge < -0.3 is 20.1 Å². The van der Waals surface area contributed by atoms with E-state index in [1.165, 1.54) is 0 Å². The highest BCUT2D eigenvalue weighted by Gasteiger charge is 2.44. The van der Waals surface area contributed by atoms with Gasteiger partial charge in [0.25, 0.3) is 0 Å². The molecule has 0 aliphatic carbocycles. The number of nitrogens with zero attached hydrogens (tertiary/aromatic N) is 1. The van der Waals surface area contributed by atoms with Crippen LogP contribution in [0.15, 0.2) is 35.3 Å². The van der Waals surface area contributed by atoms with E-state index < -0.39 is 34.6 Å².